The molecule has 1 saturated heterocycles. The minimum atomic E-state index is 0.616. The summed E-state index contributed by atoms with van der Waals surface area (Å²) in [5.74, 6) is 1.76. The summed E-state index contributed by atoms with van der Waals surface area (Å²) in [6.45, 7) is 5.19. The van der Waals surface area contributed by atoms with Gasteiger partial charge in [-0.3, -0.25) is 4.98 Å². The van der Waals surface area contributed by atoms with E-state index in [1.165, 1.54) is 5.56 Å². The smallest absolute Gasteiger partial charge is 0.136 e. The van der Waals surface area contributed by atoms with Gasteiger partial charge in [-0.25, -0.2) is 15.0 Å². The molecular formula is C23H24N6O. The van der Waals surface area contributed by atoms with Crippen molar-refractivity contribution < 1.29 is 4.74 Å². The lowest BCUT2D eigenvalue weighted by atomic mass is 10.1. The lowest BCUT2D eigenvalue weighted by Crippen LogP contribution is -2.37. The van der Waals surface area contributed by atoms with Gasteiger partial charge in [0.25, 0.3) is 0 Å². The Bertz CT molecular complexity index is 1150. The molecule has 152 valence electrons. The molecule has 0 spiro atoms. The summed E-state index contributed by atoms with van der Waals surface area (Å²) in [5, 5.41) is 0. The van der Waals surface area contributed by atoms with Gasteiger partial charge in [0.2, 0.25) is 0 Å². The Balaban J connectivity index is 1.46. The monoisotopic (exact) mass is 400 g/mol. The minimum absolute atomic E-state index is 0.616. The van der Waals surface area contributed by atoms with Crippen LogP contribution in [0.2, 0.25) is 0 Å². The van der Waals surface area contributed by atoms with E-state index >= 15 is 0 Å². The predicted molar refractivity (Wildman–Crippen MR) is 115 cm³/mol. The predicted octanol–water partition coefficient (Wildman–Crippen LogP) is 2.85. The van der Waals surface area contributed by atoms with Crippen molar-refractivity contribution in [1.82, 2.24) is 24.3 Å². The van der Waals surface area contributed by atoms with Crippen LogP contribution in [0.3, 0.4) is 0 Å². The summed E-state index contributed by atoms with van der Waals surface area (Å²) < 4.78 is 7.52. The highest BCUT2D eigenvalue weighted by atomic mass is 16.5. The average molecular weight is 400 g/mol. The van der Waals surface area contributed by atoms with Crippen molar-refractivity contribution in [3.8, 4) is 0 Å². The number of anilines is 1. The number of fused-ring (bicyclic) bond motifs is 1. The molecular weight excluding hydrogens is 376 g/mol. The molecule has 1 aliphatic heterocycles. The topological polar surface area (TPSA) is 68.4 Å². The molecule has 0 saturated carbocycles. The molecule has 0 unspecified atom stereocenters. The molecule has 0 radical (unpaired) electrons. The number of rotatable bonds is 5. The van der Waals surface area contributed by atoms with Crippen LogP contribution in [0.15, 0.2) is 55.1 Å². The van der Waals surface area contributed by atoms with E-state index in [2.05, 4.69) is 39.1 Å². The number of pyridine rings is 2. The molecule has 30 heavy (non-hydrogen) atoms. The highest BCUT2D eigenvalue weighted by Crippen LogP contribution is 2.19. The number of imidazole rings is 1. The quantitative estimate of drug-likeness (QED) is 0.513. The van der Waals surface area contributed by atoms with Gasteiger partial charge in [-0.1, -0.05) is 6.07 Å². The Kier molecular flexibility index (Phi) is 5.11. The van der Waals surface area contributed by atoms with Crippen molar-refractivity contribution in [3.05, 3.63) is 83.5 Å². The molecule has 0 bridgehead atoms. The van der Waals surface area contributed by atoms with Crippen LogP contribution in [-0.2, 0) is 17.6 Å². The zero-order valence-corrected chi connectivity index (χ0v) is 17.0. The fourth-order valence-electron chi connectivity index (χ4n) is 3.70. The van der Waals surface area contributed by atoms with Gasteiger partial charge >= 0.3 is 0 Å². The van der Waals surface area contributed by atoms with E-state index in [1.54, 1.807) is 0 Å². The van der Waals surface area contributed by atoms with Gasteiger partial charge in [0.15, 0.2) is 0 Å². The first kappa shape index (κ1) is 18.7. The van der Waals surface area contributed by atoms with E-state index < -0.39 is 0 Å². The average Bonchev–Trinajstić information content (AvgIpc) is 3.24. The summed E-state index contributed by atoms with van der Waals surface area (Å²) in [7, 11) is 0. The maximum atomic E-state index is 5.51. The van der Waals surface area contributed by atoms with Gasteiger partial charge in [0, 0.05) is 56.1 Å². The molecule has 0 aliphatic carbocycles. The molecule has 0 N–H and O–H groups in total. The Labute approximate surface area is 175 Å². The van der Waals surface area contributed by atoms with E-state index in [4.69, 9.17) is 14.7 Å². The first-order valence-corrected chi connectivity index (χ1v) is 10.3. The summed E-state index contributed by atoms with van der Waals surface area (Å²) in [6, 6.07) is 10.5. The molecule has 1 fully saturated rings. The molecule has 4 aromatic heterocycles. The fraction of sp³-hybridized carbons (Fsp3) is 0.304. The second kappa shape index (κ2) is 8.20. The highest BCUT2D eigenvalue weighted by molar-refractivity contribution is 5.45. The van der Waals surface area contributed by atoms with Crippen LogP contribution in [-0.4, -0.2) is 50.6 Å². The van der Waals surface area contributed by atoms with E-state index in [0.29, 0.717) is 6.42 Å². The van der Waals surface area contributed by atoms with Crippen LogP contribution < -0.4 is 4.90 Å². The molecule has 0 amide bonds. The van der Waals surface area contributed by atoms with E-state index in [1.807, 2.05) is 42.2 Å². The molecule has 7 nitrogen and oxygen atoms in total. The second-order valence-electron chi connectivity index (χ2n) is 7.64. The Morgan fingerprint density at radius 1 is 0.933 bits per heavy atom. The first-order valence-electron chi connectivity index (χ1n) is 10.3. The van der Waals surface area contributed by atoms with E-state index in [-0.39, 0.29) is 0 Å². The van der Waals surface area contributed by atoms with Crippen molar-refractivity contribution in [2.45, 2.75) is 19.8 Å². The van der Waals surface area contributed by atoms with Crippen molar-refractivity contribution in [1.29, 1.82) is 0 Å². The Morgan fingerprint density at radius 3 is 2.67 bits per heavy atom. The SMILES string of the molecule is Cc1ccc(Cc2nc(Cc3ccn4ccnc4c3)cc(N3CCOCC3)n2)nc1. The molecule has 5 heterocycles. The first-order chi connectivity index (χ1) is 14.7. The van der Waals surface area contributed by atoms with E-state index in [9.17, 15) is 0 Å². The van der Waals surface area contributed by atoms with Gasteiger partial charge in [0.1, 0.15) is 17.3 Å². The summed E-state index contributed by atoms with van der Waals surface area (Å²) in [6.07, 6.45) is 9.04. The van der Waals surface area contributed by atoms with Gasteiger partial charge in [-0.2, -0.15) is 0 Å². The lowest BCUT2D eigenvalue weighted by Gasteiger charge is -2.28. The lowest BCUT2D eigenvalue weighted by molar-refractivity contribution is 0.122. The summed E-state index contributed by atoms with van der Waals surface area (Å²) in [5.41, 5.74) is 5.25. The van der Waals surface area contributed by atoms with Crippen LogP contribution in [0.1, 0.15) is 28.3 Å². The molecule has 0 atom stereocenters. The van der Waals surface area contributed by atoms with E-state index in [0.717, 1.165) is 67.0 Å². The number of ether oxygens (including phenoxy) is 1. The summed E-state index contributed by atoms with van der Waals surface area (Å²) >= 11 is 0. The third-order valence-electron chi connectivity index (χ3n) is 5.31. The number of aromatic nitrogens is 5. The van der Waals surface area contributed by atoms with Crippen molar-refractivity contribution in [2.75, 3.05) is 31.2 Å². The van der Waals surface area contributed by atoms with Crippen LogP contribution >= 0.6 is 0 Å². The Morgan fingerprint density at radius 2 is 1.83 bits per heavy atom. The van der Waals surface area contributed by atoms with Crippen LogP contribution in [0.5, 0.6) is 0 Å². The van der Waals surface area contributed by atoms with Crippen LogP contribution in [0, 0.1) is 6.92 Å². The molecule has 4 aromatic rings. The number of nitrogens with zero attached hydrogens (tertiary/aromatic N) is 6. The fourth-order valence-corrected chi connectivity index (χ4v) is 3.70. The standard InChI is InChI=1S/C23H24N6O/c1-17-2-3-19(25-16-17)14-21-26-20(15-23(27-21)29-8-10-30-11-9-29)12-18-4-6-28-7-5-24-22(28)13-18/h2-7,13,15-16H,8-12,14H2,1H3. The van der Waals surface area contributed by atoms with Gasteiger partial charge in [-0.15, -0.1) is 0 Å². The third-order valence-corrected chi connectivity index (χ3v) is 5.31. The molecule has 5 rings (SSSR count). The normalized spacial score (nSPS) is 14.4. The van der Waals surface area contributed by atoms with Gasteiger partial charge in [-0.05, 0) is 36.2 Å². The number of morpholine rings is 1. The molecule has 1 aliphatic rings. The van der Waals surface area contributed by atoms with Crippen molar-refractivity contribution in [2.24, 2.45) is 0 Å². The zero-order chi connectivity index (χ0) is 20.3. The Hall–Kier alpha value is -3.32. The van der Waals surface area contributed by atoms with Crippen LogP contribution in [0.25, 0.3) is 5.65 Å². The van der Waals surface area contributed by atoms with Gasteiger partial charge < -0.3 is 14.0 Å². The molecule has 7 heteroatoms. The second-order valence-corrected chi connectivity index (χ2v) is 7.64. The maximum absolute atomic E-state index is 5.51. The van der Waals surface area contributed by atoms with Crippen LogP contribution in [0.4, 0.5) is 5.82 Å². The number of hydrogen-bond acceptors (Lipinski definition) is 6. The van der Waals surface area contributed by atoms with Gasteiger partial charge in [0.05, 0.1) is 25.3 Å². The zero-order valence-electron chi connectivity index (χ0n) is 17.0. The number of hydrogen-bond donors (Lipinski definition) is 0. The molecule has 0 aromatic carbocycles. The largest absolute Gasteiger partial charge is 0.378 e. The third kappa shape index (κ3) is 4.16. The maximum Gasteiger partial charge on any atom is 0.136 e. The van der Waals surface area contributed by atoms with Crippen molar-refractivity contribution >= 4 is 11.5 Å². The number of aryl methyl sites for hydroxylation is 1. The van der Waals surface area contributed by atoms with Crippen molar-refractivity contribution in [3.63, 3.8) is 0 Å². The minimum Gasteiger partial charge on any atom is -0.378 e. The highest BCUT2D eigenvalue weighted by Gasteiger charge is 2.16. The summed E-state index contributed by atoms with van der Waals surface area (Å²) in [4.78, 5) is 20.9.